The fraction of sp³-hybridized carbons (Fsp3) is 0. The van der Waals surface area contributed by atoms with E-state index in [0.29, 0.717) is 17.0 Å². The Balaban J connectivity index is 1.86. The molecule has 8 nitrogen and oxygen atoms in total. The highest BCUT2D eigenvalue weighted by molar-refractivity contribution is 5.78. The maximum atomic E-state index is 12.1. The summed E-state index contributed by atoms with van der Waals surface area (Å²) in [6.07, 6.45) is 0. The number of rotatable bonds is 3. The molecule has 0 aliphatic heterocycles. The maximum absolute atomic E-state index is 12.1. The number of hydrogen-bond acceptors (Lipinski definition) is 6. The van der Waals surface area contributed by atoms with E-state index in [-0.39, 0.29) is 22.8 Å². The van der Waals surface area contributed by atoms with Gasteiger partial charge in [-0.15, -0.1) is 10.2 Å². The number of nitrogens with zero attached hydrogens (tertiary/aromatic N) is 4. The SMILES string of the molecule is Nc1nn2c(-c3ccccc3)cc(=O)[nH]c2c1N=Nc1ccc(O)cc1. The van der Waals surface area contributed by atoms with Crippen molar-refractivity contribution in [1.29, 1.82) is 0 Å². The van der Waals surface area contributed by atoms with Crippen molar-refractivity contribution in [1.82, 2.24) is 14.6 Å². The van der Waals surface area contributed by atoms with Crippen molar-refractivity contribution >= 4 is 22.8 Å². The first-order chi connectivity index (χ1) is 12.6. The predicted octanol–water partition coefficient (Wildman–Crippen LogP) is 3.39. The van der Waals surface area contributed by atoms with E-state index in [2.05, 4.69) is 20.3 Å². The molecule has 0 saturated heterocycles. The number of anilines is 1. The second kappa shape index (κ2) is 6.17. The molecule has 0 spiro atoms. The first-order valence-corrected chi connectivity index (χ1v) is 7.79. The third-order valence-corrected chi connectivity index (χ3v) is 3.81. The lowest BCUT2D eigenvalue weighted by Gasteiger charge is -2.03. The number of aromatic hydroxyl groups is 1. The van der Waals surface area contributed by atoms with E-state index >= 15 is 0 Å². The number of azo groups is 1. The number of hydrogen-bond donors (Lipinski definition) is 3. The Labute approximate surface area is 147 Å². The van der Waals surface area contributed by atoms with E-state index in [1.54, 1.807) is 12.1 Å². The summed E-state index contributed by atoms with van der Waals surface area (Å²) in [5.74, 6) is 0.280. The van der Waals surface area contributed by atoms with Crippen molar-refractivity contribution in [2.75, 3.05) is 5.73 Å². The average Bonchev–Trinajstić information content (AvgIpc) is 2.96. The Morgan fingerprint density at radius 2 is 1.77 bits per heavy atom. The molecule has 0 aliphatic rings. The van der Waals surface area contributed by atoms with Crippen LogP contribution >= 0.6 is 0 Å². The van der Waals surface area contributed by atoms with Crippen molar-refractivity contribution in [2.24, 2.45) is 10.2 Å². The van der Waals surface area contributed by atoms with Gasteiger partial charge in [0.25, 0.3) is 5.56 Å². The van der Waals surface area contributed by atoms with Crippen molar-refractivity contribution < 1.29 is 5.11 Å². The first-order valence-electron chi connectivity index (χ1n) is 7.79. The smallest absolute Gasteiger partial charge is 0.251 e. The molecule has 0 fully saturated rings. The fourth-order valence-corrected chi connectivity index (χ4v) is 2.59. The molecule has 2 heterocycles. The Kier molecular flexibility index (Phi) is 3.70. The fourth-order valence-electron chi connectivity index (χ4n) is 2.59. The second-order valence-electron chi connectivity index (χ2n) is 5.60. The Bertz CT molecular complexity index is 1160. The van der Waals surface area contributed by atoms with Crippen LogP contribution in [0.2, 0.25) is 0 Å². The van der Waals surface area contributed by atoms with Gasteiger partial charge in [-0.25, -0.2) is 4.52 Å². The monoisotopic (exact) mass is 346 g/mol. The van der Waals surface area contributed by atoms with Gasteiger partial charge in [-0.05, 0) is 24.3 Å². The molecule has 2 aromatic carbocycles. The van der Waals surface area contributed by atoms with Gasteiger partial charge >= 0.3 is 0 Å². The zero-order valence-electron chi connectivity index (χ0n) is 13.5. The van der Waals surface area contributed by atoms with Crippen molar-refractivity contribution in [3.8, 4) is 17.0 Å². The molecule has 2 aromatic heterocycles. The molecule has 0 aliphatic carbocycles. The molecule has 0 amide bonds. The molecular formula is C18H14N6O2. The largest absolute Gasteiger partial charge is 0.508 e. The summed E-state index contributed by atoms with van der Waals surface area (Å²) in [5, 5.41) is 21.8. The molecule has 8 heteroatoms. The number of aromatic nitrogens is 3. The van der Waals surface area contributed by atoms with Crippen LogP contribution in [0.1, 0.15) is 0 Å². The van der Waals surface area contributed by atoms with E-state index in [4.69, 9.17) is 5.73 Å². The molecule has 128 valence electrons. The molecule has 0 unspecified atom stereocenters. The van der Waals surface area contributed by atoms with Crippen LogP contribution in [-0.4, -0.2) is 19.7 Å². The standard InChI is InChI=1S/C18H14N6O2/c19-17-16(22-21-12-6-8-13(25)9-7-12)18-20-15(26)10-14(24(18)23-17)11-4-2-1-3-5-11/h1-10,25H,(H2,19,23)(H,20,26). The van der Waals surface area contributed by atoms with Crippen molar-refractivity contribution in [3.05, 3.63) is 71.0 Å². The third kappa shape index (κ3) is 2.80. The minimum Gasteiger partial charge on any atom is -0.508 e. The number of nitrogens with one attached hydrogen (secondary N) is 1. The maximum Gasteiger partial charge on any atom is 0.251 e. The first kappa shape index (κ1) is 15.6. The molecule has 26 heavy (non-hydrogen) atoms. The minimum absolute atomic E-state index is 0.135. The van der Waals surface area contributed by atoms with Gasteiger partial charge in [0.1, 0.15) is 5.75 Å². The van der Waals surface area contributed by atoms with Crippen LogP contribution in [-0.2, 0) is 0 Å². The second-order valence-corrected chi connectivity index (χ2v) is 5.60. The van der Waals surface area contributed by atoms with Gasteiger partial charge in [0.15, 0.2) is 17.2 Å². The zero-order chi connectivity index (χ0) is 18.1. The Morgan fingerprint density at radius 3 is 2.50 bits per heavy atom. The van der Waals surface area contributed by atoms with E-state index in [9.17, 15) is 9.90 Å². The Morgan fingerprint density at radius 1 is 1.04 bits per heavy atom. The van der Waals surface area contributed by atoms with Crippen molar-refractivity contribution in [3.63, 3.8) is 0 Å². The lowest BCUT2D eigenvalue weighted by atomic mass is 10.1. The quantitative estimate of drug-likeness (QED) is 0.492. The van der Waals surface area contributed by atoms with E-state index in [1.165, 1.54) is 22.7 Å². The van der Waals surface area contributed by atoms with Gasteiger partial charge in [-0.3, -0.25) is 4.79 Å². The van der Waals surface area contributed by atoms with Crippen LogP contribution in [0, 0.1) is 0 Å². The number of aromatic amines is 1. The third-order valence-electron chi connectivity index (χ3n) is 3.81. The zero-order valence-corrected chi connectivity index (χ0v) is 13.5. The number of H-pyrrole nitrogens is 1. The summed E-state index contributed by atoms with van der Waals surface area (Å²) in [7, 11) is 0. The van der Waals surface area contributed by atoms with Gasteiger partial charge < -0.3 is 15.8 Å². The summed E-state index contributed by atoms with van der Waals surface area (Å²) in [5.41, 5.74) is 8.28. The normalized spacial score (nSPS) is 11.4. The summed E-state index contributed by atoms with van der Waals surface area (Å²) in [6, 6.07) is 17.1. The van der Waals surface area contributed by atoms with Gasteiger partial charge in [-0.1, -0.05) is 30.3 Å². The van der Waals surface area contributed by atoms with Crippen LogP contribution in [0.4, 0.5) is 17.2 Å². The van der Waals surface area contributed by atoms with Gasteiger partial charge in [0.05, 0.1) is 11.4 Å². The lowest BCUT2D eigenvalue weighted by Crippen LogP contribution is -2.09. The molecule has 4 aromatic rings. The number of benzene rings is 2. The van der Waals surface area contributed by atoms with Crippen LogP contribution in [0.15, 0.2) is 75.7 Å². The van der Waals surface area contributed by atoms with E-state index in [0.717, 1.165) is 5.56 Å². The molecule has 0 saturated carbocycles. The number of nitrogens with two attached hydrogens (primary N) is 1. The summed E-state index contributed by atoms with van der Waals surface area (Å²) >= 11 is 0. The van der Waals surface area contributed by atoms with Crippen LogP contribution < -0.4 is 11.3 Å². The summed E-state index contributed by atoms with van der Waals surface area (Å²) in [4.78, 5) is 14.8. The number of phenolic OH excluding ortho intramolecular Hbond substituents is 1. The highest BCUT2D eigenvalue weighted by Crippen LogP contribution is 2.30. The van der Waals surface area contributed by atoms with E-state index < -0.39 is 0 Å². The Hall–Kier alpha value is -3.94. The van der Waals surface area contributed by atoms with E-state index in [1.807, 2.05) is 30.3 Å². The highest BCUT2D eigenvalue weighted by atomic mass is 16.3. The topological polar surface area (TPSA) is 121 Å². The predicted molar refractivity (Wildman–Crippen MR) is 97.9 cm³/mol. The lowest BCUT2D eigenvalue weighted by molar-refractivity contribution is 0.475. The summed E-state index contributed by atoms with van der Waals surface area (Å²) in [6.45, 7) is 0. The van der Waals surface area contributed by atoms with Crippen LogP contribution in [0.3, 0.4) is 0 Å². The number of phenols is 1. The minimum atomic E-state index is -0.294. The number of nitrogen functional groups attached to an aromatic ring is 1. The van der Waals surface area contributed by atoms with Gasteiger partial charge in [0.2, 0.25) is 0 Å². The van der Waals surface area contributed by atoms with Crippen LogP contribution in [0.25, 0.3) is 16.9 Å². The van der Waals surface area contributed by atoms with Crippen molar-refractivity contribution in [2.45, 2.75) is 0 Å². The molecular weight excluding hydrogens is 332 g/mol. The van der Waals surface area contributed by atoms with Crippen LogP contribution in [0.5, 0.6) is 5.75 Å². The molecule has 0 bridgehead atoms. The molecule has 4 N–H and O–H groups in total. The summed E-state index contributed by atoms with van der Waals surface area (Å²) < 4.78 is 1.54. The average molecular weight is 346 g/mol. The number of fused-ring (bicyclic) bond motifs is 1. The highest BCUT2D eigenvalue weighted by Gasteiger charge is 2.15. The molecule has 0 radical (unpaired) electrons. The molecule has 4 rings (SSSR count). The van der Waals surface area contributed by atoms with Gasteiger partial charge in [-0.2, -0.15) is 5.11 Å². The molecule has 0 atom stereocenters. The van der Waals surface area contributed by atoms with Gasteiger partial charge in [0, 0.05) is 11.6 Å².